The quantitative estimate of drug-likeness (QED) is 0.590. The van der Waals surface area contributed by atoms with Gasteiger partial charge in [-0.1, -0.05) is 12.8 Å². The molecule has 1 rings (SSSR count). The van der Waals surface area contributed by atoms with Gasteiger partial charge < -0.3 is 5.73 Å². The first kappa shape index (κ1) is 13.0. The Balaban J connectivity index is 2.45. The third-order valence-electron chi connectivity index (χ3n) is 2.49. The van der Waals surface area contributed by atoms with Crippen LogP contribution in [0, 0.1) is 17.5 Å². The second kappa shape index (κ2) is 6.53. The van der Waals surface area contributed by atoms with Gasteiger partial charge in [0.2, 0.25) is 0 Å². The van der Waals surface area contributed by atoms with Crippen LogP contribution < -0.4 is 5.73 Å². The van der Waals surface area contributed by atoms with Crippen LogP contribution in [0.15, 0.2) is 12.1 Å². The number of hydrogen-bond donors (Lipinski definition) is 1. The highest BCUT2D eigenvalue weighted by atomic mass is 19.2. The second-order valence-electron chi connectivity index (χ2n) is 3.81. The number of aryl methyl sites for hydroxylation is 1. The SMILES string of the molecule is NCCCCCCc1cc(F)c(F)cc1F. The second-order valence-corrected chi connectivity index (χ2v) is 3.81. The zero-order valence-electron chi connectivity index (χ0n) is 9.11. The molecular weight excluding hydrogens is 215 g/mol. The van der Waals surface area contributed by atoms with E-state index >= 15 is 0 Å². The minimum atomic E-state index is -1.13. The molecule has 1 nitrogen and oxygen atoms in total. The van der Waals surface area contributed by atoms with E-state index in [0.29, 0.717) is 19.0 Å². The topological polar surface area (TPSA) is 26.0 Å². The smallest absolute Gasteiger partial charge is 0.161 e. The maximum absolute atomic E-state index is 13.2. The van der Waals surface area contributed by atoms with E-state index in [4.69, 9.17) is 5.73 Å². The van der Waals surface area contributed by atoms with Crippen molar-refractivity contribution < 1.29 is 13.2 Å². The third-order valence-corrected chi connectivity index (χ3v) is 2.49. The Labute approximate surface area is 93.5 Å². The Morgan fingerprint density at radius 3 is 2.12 bits per heavy atom. The molecule has 0 spiro atoms. The van der Waals surface area contributed by atoms with Gasteiger partial charge in [0.25, 0.3) is 0 Å². The van der Waals surface area contributed by atoms with Crippen molar-refractivity contribution in [2.75, 3.05) is 6.54 Å². The van der Waals surface area contributed by atoms with Gasteiger partial charge >= 0.3 is 0 Å². The Hall–Kier alpha value is -1.03. The van der Waals surface area contributed by atoms with E-state index in [-0.39, 0.29) is 5.56 Å². The Bertz CT molecular complexity index is 339. The zero-order chi connectivity index (χ0) is 12.0. The van der Waals surface area contributed by atoms with Crippen molar-refractivity contribution in [1.82, 2.24) is 0 Å². The Morgan fingerprint density at radius 1 is 0.812 bits per heavy atom. The standard InChI is InChI=1S/C12H16F3N/c13-10-8-12(15)11(14)7-9(10)5-3-1-2-4-6-16/h7-8H,1-6,16H2. The molecule has 0 saturated heterocycles. The lowest BCUT2D eigenvalue weighted by Gasteiger charge is -2.04. The van der Waals surface area contributed by atoms with Gasteiger partial charge in [0.05, 0.1) is 0 Å². The van der Waals surface area contributed by atoms with Gasteiger partial charge in [-0.2, -0.15) is 0 Å². The first-order valence-corrected chi connectivity index (χ1v) is 5.48. The summed E-state index contributed by atoms with van der Waals surface area (Å²) < 4.78 is 38.6. The first-order chi connectivity index (χ1) is 7.65. The summed E-state index contributed by atoms with van der Waals surface area (Å²) in [5.41, 5.74) is 5.57. The monoisotopic (exact) mass is 231 g/mol. The fourth-order valence-electron chi connectivity index (χ4n) is 1.57. The van der Waals surface area contributed by atoms with Crippen LogP contribution in [-0.4, -0.2) is 6.54 Å². The minimum absolute atomic E-state index is 0.242. The van der Waals surface area contributed by atoms with Crippen LogP contribution >= 0.6 is 0 Å². The molecule has 2 N–H and O–H groups in total. The summed E-state index contributed by atoms with van der Waals surface area (Å²) in [5.74, 6) is -2.79. The van der Waals surface area contributed by atoms with E-state index in [2.05, 4.69) is 0 Å². The van der Waals surface area contributed by atoms with Gasteiger partial charge in [-0.25, -0.2) is 13.2 Å². The fraction of sp³-hybridized carbons (Fsp3) is 0.500. The molecule has 0 aliphatic rings. The van der Waals surface area contributed by atoms with Crippen molar-refractivity contribution in [3.8, 4) is 0 Å². The van der Waals surface area contributed by atoms with Crippen LogP contribution in [0.4, 0.5) is 13.2 Å². The maximum atomic E-state index is 13.2. The van der Waals surface area contributed by atoms with Crippen molar-refractivity contribution >= 4 is 0 Å². The predicted octanol–water partition coefficient (Wildman–Crippen LogP) is 3.17. The van der Waals surface area contributed by atoms with Gasteiger partial charge in [-0.15, -0.1) is 0 Å². The summed E-state index contributed by atoms with van der Waals surface area (Å²) in [4.78, 5) is 0. The lowest BCUT2D eigenvalue weighted by molar-refractivity contribution is 0.488. The number of benzene rings is 1. The van der Waals surface area contributed by atoms with Gasteiger partial charge in [-0.05, 0) is 37.4 Å². The Morgan fingerprint density at radius 2 is 1.44 bits per heavy atom. The molecule has 0 atom stereocenters. The third kappa shape index (κ3) is 3.85. The molecule has 0 aliphatic carbocycles. The fourth-order valence-corrected chi connectivity index (χ4v) is 1.57. The molecule has 0 aromatic heterocycles. The molecule has 0 heterocycles. The average Bonchev–Trinajstić information content (AvgIpc) is 2.25. The van der Waals surface area contributed by atoms with Crippen LogP contribution in [0.1, 0.15) is 31.2 Å². The van der Waals surface area contributed by atoms with Gasteiger partial charge in [-0.3, -0.25) is 0 Å². The van der Waals surface area contributed by atoms with E-state index in [1.165, 1.54) is 0 Å². The number of nitrogens with two attached hydrogens (primary N) is 1. The van der Waals surface area contributed by atoms with E-state index in [1.807, 2.05) is 0 Å². The highest BCUT2D eigenvalue weighted by molar-refractivity contribution is 5.20. The summed E-state index contributed by atoms with van der Waals surface area (Å²) in [6.45, 7) is 0.652. The van der Waals surface area contributed by atoms with Crippen LogP contribution in [0.3, 0.4) is 0 Å². The summed E-state index contributed by atoms with van der Waals surface area (Å²) in [5, 5.41) is 0. The molecule has 4 heteroatoms. The number of hydrogen-bond acceptors (Lipinski definition) is 1. The summed E-state index contributed by atoms with van der Waals surface area (Å²) >= 11 is 0. The van der Waals surface area contributed by atoms with E-state index < -0.39 is 17.5 Å². The van der Waals surface area contributed by atoms with Gasteiger partial charge in [0, 0.05) is 6.07 Å². The molecule has 0 bridgehead atoms. The maximum Gasteiger partial charge on any atom is 0.161 e. The van der Waals surface area contributed by atoms with Crippen LogP contribution in [0.2, 0.25) is 0 Å². The summed E-state index contributed by atoms with van der Waals surface area (Å²) in [7, 11) is 0. The van der Waals surface area contributed by atoms with Crippen molar-refractivity contribution in [1.29, 1.82) is 0 Å². The molecule has 90 valence electrons. The Kier molecular flexibility index (Phi) is 5.32. The molecular formula is C12H16F3N. The van der Waals surface area contributed by atoms with Crippen molar-refractivity contribution in [2.45, 2.75) is 32.1 Å². The zero-order valence-corrected chi connectivity index (χ0v) is 9.11. The average molecular weight is 231 g/mol. The molecule has 0 radical (unpaired) electrons. The normalized spacial score (nSPS) is 10.8. The van der Waals surface area contributed by atoms with Crippen molar-refractivity contribution in [3.05, 3.63) is 35.1 Å². The van der Waals surface area contributed by atoms with Gasteiger partial charge in [0.1, 0.15) is 5.82 Å². The van der Waals surface area contributed by atoms with Crippen LogP contribution in [0.5, 0.6) is 0 Å². The number of halogens is 3. The first-order valence-electron chi connectivity index (χ1n) is 5.48. The molecule has 0 fully saturated rings. The molecule has 1 aromatic carbocycles. The molecule has 1 aromatic rings. The minimum Gasteiger partial charge on any atom is -0.330 e. The van der Waals surface area contributed by atoms with Crippen molar-refractivity contribution in [3.63, 3.8) is 0 Å². The van der Waals surface area contributed by atoms with Crippen LogP contribution in [0.25, 0.3) is 0 Å². The molecule has 0 saturated carbocycles. The van der Waals surface area contributed by atoms with E-state index in [1.54, 1.807) is 0 Å². The summed E-state index contributed by atoms with van der Waals surface area (Å²) in [6.07, 6.45) is 4.06. The van der Waals surface area contributed by atoms with E-state index in [9.17, 15) is 13.2 Å². The molecule has 0 unspecified atom stereocenters. The molecule has 0 amide bonds. The summed E-state index contributed by atoms with van der Waals surface area (Å²) in [6, 6.07) is 1.54. The largest absolute Gasteiger partial charge is 0.330 e. The highest BCUT2D eigenvalue weighted by Crippen LogP contribution is 2.16. The van der Waals surface area contributed by atoms with Gasteiger partial charge in [0.15, 0.2) is 11.6 Å². The van der Waals surface area contributed by atoms with Crippen molar-refractivity contribution in [2.24, 2.45) is 5.73 Å². The highest BCUT2D eigenvalue weighted by Gasteiger charge is 2.09. The van der Waals surface area contributed by atoms with E-state index in [0.717, 1.165) is 31.7 Å². The lowest BCUT2D eigenvalue weighted by Crippen LogP contribution is -1.99. The van der Waals surface area contributed by atoms with Crippen LogP contribution in [-0.2, 0) is 6.42 Å². The number of unbranched alkanes of at least 4 members (excludes halogenated alkanes) is 3. The predicted molar refractivity (Wildman–Crippen MR) is 57.5 cm³/mol. The lowest BCUT2D eigenvalue weighted by atomic mass is 10.1. The molecule has 0 aliphatic heterocycles. The number of rotatable bonds is 6. The molecule has 16 heavy (non-hydrogen) atoms.